The molecule has 0 bridgehead atoms. The third-order valence-electron chi connectivity index (χ3n) is 0.962. The first-order chi connectivity index (χ1) is 4.54. The topological polar surface area (TPSA) is 169 Å². The van der Waals surface area contributed by atoms with Gasteiger partial charge in [0.05, 0.1) is 5.97 Å². The molecule has 0 aromatic heterocycles. The summed E-state index contributed by atoms with van der Waals surface area (Å²) in [4.78, 5) is 19.6. The molecule has 0 aliphatic carbocycles. The van der Waals surface area contributed by atoms with Crippen molar-refractivity contribution in [3.63, 3.8) is 0 Å². The van der Waals surface area contributed by atoms with E-state index in [-0.39, 0.29) is 43.3 Å². The van der Waals surface area contributed by atoms with Crippen LogP contribution in [0, 0.1) is 0 Å². The van der Waals surface area contributed by atoms with Crippen LogP contribution in [0.3, 0.4) is 0 Å². The summed E-state index contributed by atoms with van der Waals surface area (Å²) in [5.41, 5.74) is 4.91. The van der Waals surface area contributed by atoms with Gasteiger partial charge in [-0.15, -0.1) is 0 Å². The van der Waals surface area contributed by atoms with Crippen LogP contribution >= 0.6 is 0 Å². The van der Waals surface area contributed by atoms with Crippen LogP contribution in [0.1, 0.15) is 12.8 Å². The molecule has 0 radical (unpaired) electrons. The summed E-state index contributed by atoms with van der Waals surface area (Å²) in [5, 5.41) is 19.6. The van der Waals surface area contributed by atoms with Gasteiger partial charge in [0.1, 0.15) is 0 Å². The van der Waals surface area contributed by atoms with E-state index in [1.54, 1.807) is 0 Å². The van der Waals surface area contributed by atoms with Crippen LogP contribution in [-0.2, 0) is 29.1 Å². The molecule has 0 amide bonds. The van der Waals surface area contributed by atoms with Gasteiger partial charge in [0.2, 0.25) is 0 Å². The van der Waals surface area contributed by atoms with Crippen LogP contribution in [0.25, 0.3) is 0 Å². The number of carboxylic acids is 2. The average molecular weight is 247 g/mol. The molecule has 7 nitrogen and oxygen atoms in total. The van der Waals surface area contributed by atoms with Crippen LogP contribution < -0.4 is 15.9 Å². The van der Waals surface area contributed by atoms with Crippen molar-refractivity contribution in [2.24, 2.45) is 5.73 Å². The number of nitrogens with two attached hydrogens (primary N) is 1. The van der Waals surface area contributed by atoms with E-state index in [0.717, 1.165) is 0 Å². The normalized spacial score (nSPS) is 9.62. The predicted octanol–water partition coefficient (Wildman–Crippen LogP) is -5.06. The van der Waals surface area contributed by atoms with Gasteiger partial charge in [-0.05, 0) is 12.8 Å². The van der Waals surface area contributed by atoms with Crippen molar-refractivity contribution < 1.29 is 50.2 Å². The second kappa shape index (κ2) is 11.4. The van der Waals surface area contributed by atoms with Gasteiger partial charge >= 0.3 is 19.5 Å². The van der Waals surface area contributed by atoms with Gasteiger partial charge in [-0.3, -0.25) is 0 Å². The second-order valence-electron chi connectivity index (χ2n) is 1.84. The predicted molar refractivity (Wildman–Crippen MR) is 34.5 cm³/mol. The van der Waals surface area contributed by atoms with Crippen molar-refractivity contribution in [2.45, 2.75) is 18.9 Å². The zero-order valence-corrected chi connectivity index (χ0v) is 9.88. The van der Waals surface area contributed by atoms with Crippen LogP contribution in [0.5, 0.6) is 0 Å². The van der Waals surface area contributed by atoms with E-state index in [4.69, 9.17) is 5.73 Å². The van der Waals surface area contributed by atoms with Gasteiger partial charge in [-0.25, -0.2) is 0 Å². The first kappa shape index (κ1) is 22.9. The van der Waals surface area contributed by atoms with Crippen molar-refractivity contribution in [3.05, 3.63) is 0 Å². The molecule has 0 aliphatic heterocycles. The van der Waals surface area contributed by atoms with Crippen molar-refractivity contribution >= 4 is 11.9 Å². The standard InChI is InChI=1S/C5H9NO4.2H2O.Zn/c6-3(5(9)10)1-2-4(7)8;;;/h3H,1-2,6H2,(H,7,8)(H,9,10);2*1H2;/q;;;+2/p-2. The fourth-order valence-corrected chi connectivity index (χ4v) is 0.391. The Morgan fingerprint density at radius 2 is 1.62 bits per heavy atom. The summed E-state index contributed by atoms with van der Waals surface area (Å²) < 4.78 is 0. The Morgan fingerprint density at radius 3 is 1.85 bits per heavy atom. The fraction of sp³-hybridized carbons (Fsp3) is 0.600. The minimum absolute atomic E-state index is 0. The monoisotopic (exact) mass is 245 g/mol. The molecule has 0 saturated carbocycles. The molecule has 0 fully saturated rings. The van der Waals surface area contributed by atoms with Gasteiger partial charge in [-0.1, -0.05) is 0 Å². The SMILES string of the molecule is NC(CCC(=O)[O-])C(=O)[O-].O.O.[Zn+2]. The minimum atomic E-state index is -1.44. The quantitative estimate of drug-likeness (QED) is 0.488. The number of hydrogen-bond donors (Lipinski definition) is 1. The molecule has 0 heterocycles. The number of aliphatic carboxylic acids is 2. The van der Waals surface area contributed by atoms with Gasteiger partial charge in [0.15, 0.2) is 0 Å². The molecule has 74 valence electrons. The van der Waals surface area contributed by atoms with Gasteiger partial charge in [-0.2, -0.15) is 0 Å². The summed E-state index contributed by atoms with van der Waals surface area (Å²) in [6.45, 7) is 0. The largest absolute Gasteiger partial charge is 2.00 e. The van der Waals surface area contributed by atoms with Gasteiger partial charge in [0.25, 0.3) is 0 Å². The van der Waals surface area contributed by atoms with Crippen LogP contribution in [0.2, 0.25) is 0 Å². The van der Waals surface area contributed by atoms with E-state index in [2.05, 4.69) is 0 Å². The van der Waals surface area contributed by atoms with E-state index in [0.29, 0.717) is 0 Å². The molecule has 1 unspecified atom stereocenters. The Bertz CT molecular complexity index is 152. The van der Waals surface area contributed by atoms with Gasteiger partial charge < -0.3 is 36.5 Å². The third-order valence-corrected chi connectivity index (χ3v) is 0.962. The maximum Gasteiger partial charge on any atom is 2.00 e. The smallest absolute Gasteiger partial charge is 0.550 e. The van der Waals surface area contributed by atoms with Crippen molar-refractivity contribution in [3.8, 4) is 0 Å². The maximum atomic E-state index is 9.86. The summed E-state index contributed by atoms with van der Waals surface area (Å²) in [6, 6.07) is -1.21. The second-order valence-corrected chi connectivity index (χ2v) is 1.84. The Labute approximate surface area is 87.3 Å². The number of carbonyl (C=O) groups excluding carboxylic acids is 2. The number of rotatable bonds is 4. The first-order valence-electron chi connectivity index (χ1n) is 2.70. The molecule has 13 heavy (non-hydrogen) atoms. The van der Waals surface area contributed by atoms with Crippen molar-refractivity contribution in [1.82, 2.24) is 0 Å². The molecule has 1 atom stereocenters. The van der Waals surface area contributed by atoms with E-state index >= 15 is 0 Å². The molecule has 0 saturated heterocycles. The summed E-state index contributed by atoms with van der Waals surface area (Å²) in [6.07, 6.45) is -0.500. The summed E-state index contributed by atoms with van der Waals surface area (Å²) in [7, 11) is 0. The molecule has 0 aromatic rings. The van der Waals surface area contributed by atoms with E-state index in [1.807, 2.05) is 0 Å². The van der Waals surface area contributed by atoms with E-state index in [1.165, 1.54) is 0 Å². The van der Waals surface area contributed by atoms with Crippen molar-refractivity contribution in [2.75, 3.05) is 0 Å². The van der Waals surface area contributed by atoms with E-state index in [9.17, 15) is 19.8 Å². The Hall–Kier alpha value is -0.557. The Kier molecular flexibility index (Phi) is 20.1. The van der Waals surface area contributed by atoms with Crippen LogP contribution in [0.4, 0.5) is 0 Å². The molecular formula is C5H11NO6Zn. The molecule has 0 spiro atoms. The third kappa shape index (κ3) is 14.3. The molecular weight excluding hydrogens is 235 g/mol. The number of carboxylic acid groups (broad SMARTS) is 2. The van der Waals surface area contributed by atoms with E-state index < -0.39 is 18.0 Å². The van der Waals surface area contributed by atoms with Crippen LogP contribution in [0.15, 0.2) is 0 Å². The molecule has 6 N–H and O–H groups in total. The van der Waals surface area contributed by atoms with Crippen molar-refractivity contribution in [1.29, 1.82) is 0 Å². The minimum Gasteiger partial charge on any atom is -0.550 e. The zero-order chi connectivity index (χ0) is 8.15. The maximum absolute atomic E-state index is 9.86. The number of hydrogen-bond acceptors (Lipinski definition) is 5. The van der Waals surface area contributed by atoms with Crippen LogP contribution in [-0.4, -0.2) is 28.9 Å². The molecule has 0 rings (SSSR count). The fourth-order valence-electron chi connectivity index (χ4n) is 0.391. The van der Waals surface area contributed by atoms with Gasteiger partial charge in [0, 0.05) is 12.0 Å². The summed E-state index contributed by atoms with van der Waals surface area (Å²) in [5.74, 6) is -2.75. The zero-order valence-electron chi connectivity index (χ0n) is 6.91. The summed E-state index contributed by atoms with van der Waals surface area (Å²) >= 11 is 0. The first-order valence-corrected chi connectivity index (χ1v) is 2.70. The average Bonchev–Trinajstić information content (AvgIpc) is 1.82. The number of carbonyl (C=O) groups is 2. The Morgan fingerprint density at radius 1 is 1.23 bits per heavy atom. The Balaban J connectivity index is -0.000000135. The molecule has 0 aliphatic rings. The molecule has 0 aromatic carbocycles. The molecule has 8 heteroatoms.